The Bertz CT molecular complexity index is 890. The number of carbonyl (C=O) groups is 1. The maximum atomic E-state index is 12.7. The van der Waals surface area contributed by atoms with E-state index in [1.807, 2.05) is 50.2 Å². The largest absolute Gasteiger partial charge is 0.345 e. The number of carbonyl (C=O) groups excluding carboxylic acids is 1. The molecule has 1 atom stereocenters. The van der Waals surface area contributed by atoms with Gasteiger partial charge in [0.25, 0.3) is 5.91 Å². The number of nitrogens with one attached hydrogen (secondary N) is 1. The molecule has 4 heteroatoms. The number of nitrogens with zero attached hydrogens (tertiary/aromatic N) is 2. The maximum Gasteiger partial charge on any atom is 0.251 e. The zero-order valence-corrected chi connectivity index (χ0v) is 14.9. The normalized spacial score (nSPS) is 12.1. The second-order valence-electron chi connectivity index (χ2n) is 6.32. The predicted molar refractivity (Wildman–Crippen MR) is 101 cm³/mol. The van der Waals surface area contributed by atoms with Crippen LogP contribution in [-0.4, -0.2) is 15.9 Å². The summed E-state index contributed by atoms with van der Waals surface area (Å²) in [6.07, 6.45) is 1.91. The van der Waals surface area contributed by atoms with Crippen molar-refractivity contribution in [1.29, 1.82) is 0 Å². The molecule has 1 aromatic heterocycles. The number of amides is 1. The van der Waals surface area contributed by atoms with Crippen LogP contribution in [0.3, 0.4) is 0 Å². The molecule has 3 aromatic rings. The van der Waals surface area contributed by atoms with Crippen LogP contribution in [0.1, 0.15) is 53.1 Å². The molecule has 0 fully saturated rings. The highest BCUT2D eigenvalue weighted by Crippen LogP contribution is 2.20. The number of aromatic nitrogens is 2. The molecule has 1 heterocycles. The molecule has 1 amide bonds. The predicted octanol–water partition coefficient (Wildman–Crippen LogP) is 4.52. The molecule has 0 unspecified atom stereocenters. The third kappa shape index (κ3) is 3.85. The number of aryl methyl sites for hydroxylation is 2. The molecule has 25 heavy (non-hydrogen) atoms. The average molecular weight is 333 g/mol. The van der Waals surface area contributed by atoms with Gasteiger partial charge in [-0.15, -0.1) is 0 Å². The van der Waals surface area contributed by atoms with Gasteiger partial charge in [-0.3, -0.25) is 4.79 Å². The van der Waals surface area contributed by atoms with Crippen molar-refractivity contribution in [2.24, 2.45) is 0 Å². The smallest absolute Gasteiger partial charge is 0.251 e. The number of hydrogen-bond acceptors (Lipinski definition) is 3. The molecular formula is C21H23N3O. The summed E-state index contributed by atoms with van der Waals surface area (Å²) < 4.78 is 0. The lowest BCUT2D eigenvalue weighted by Crippen LogP contribution is -2.28. The molecule has 0 radical (unpaired) electrons. The van der Waals surface area contributed by atoms with Gasteiger partial charge in [0, 0.05) is 5.56 Å². The standard InChI is InChI=1S/C21H23N3O/c1-4-8-18(16-9-6-5-7-10-16)24-21(25)17-11-12-19-20(13-17)23-15(3)14(2)22-19/h5-7,9-13,18H,4,8H2,1-3H3,(H,24,25)/t18-/m0/s1. The molecule has 0 aliphatic carbocycles. The lowest BCUT2D eigenvalue weighted by Gasteiger charge is -2.19. The van der Waals surface area contributed by atoms with Gasteiger partial charge in [0.05, 0.1) is 28.5 Å². The Hall–Kier alpha value is -2.75. The van der Waals surface area contributed by atoms with Gasteiger partial charge in [0.15, 0.2) is 0 Å². The zero-order valence-electron chi connectivity index (χ0n) is 14.9. The quantitative estimate of drug-likeness (QED) is 0.747. The Morgan fingerprint density at radius 3 is 2.36 bits per heavy atom. The van der Waals surface area contributed by atoms with Gasteiger partial charge in [-0.2, -0.15) is 0 Å². The van der Waals surface area contributed by atoms with Crippen LogP contribution >= 0.6 is 0 Å². The summed E-state index contributed by atoms with van der Waals surface area (Å²) in [5.74, 6) is -0.0794. The van der Waals surface area contributed by atoms with Crippen LogP contribution in [-0.2, 0) is 0 Å². The van der Waals surface area contributed by atoms with Crippen LogP contribution in [0.4, 0.5) is 0 Å². The van der Waals surface area contributed by atoms with Crippen LogP contribution in [0.2, 0.25) is 0 Å². The van der Waals surface area contributed by atoms with Crippen molar-refractivity contribution in [3.05, 3.63) is 71.0 Å². The zero-order chi connectivity index (χ0) is 17.8. The first-order chi connectivity index (χ1) is 12.1. The summed E-state index contributed by atoms with van der Waals surface area (Å²) in [6, 6.07) is 15.6. The molecule has 3 rings (SSSR count). The van der Waals surface area contributed by atoms with Crippen molar-refractivity contribution in [2.75, 3.05) is 0 Å². The third-order valence-corrected chi connectivity index (χ3v) is 4.42. The fourth-order valence-corrected chi connectivity index (χ4v) is 2.91. The van der Waals surface area contributed by atoms with E-state index in [-0.39, 0.29) is 11.9 Å². The van der Waals surface area contributed by atoms with Crippen molar-refractivity contribution in [3.63, 3.8) is 0 Å². The third-order valence-electron chi connectivity index (χ3n) is 4.42. The van der Waals surface area contributed by atoms with Crippen molar-refractivity contribution < 1.29 is 4.79 Å². The highest BCUT2D eigenvalue weighted by Gasteiger charge is 2.15. The summed E-state index contributed by atoms with van der Waals surface area (Å²) in [6.45, 7) is 6.00. The van der Waals surface area contributed by atoms with E-state index in [9.17, 15) is 4.79 Å². The molecule has 0 aliphatic heterocycles. The Morgan fingerprint density at radius 1 is 1.00 bits per heavy atom. The topological polar surface area (TPSA) is 54.9 Å². The molecular weight excluding hydrogens is 310 g/mol. The second kappa shape index (κ2) is 7.43. The minimum atomic E-state index is -0.0794. The van der Waals surface area contributed by atoms with Crippen LogP contribution in [0.25, 0.3) is 11.0 Å². The highest BCUT2D eigenvalue weighted by atomic mass is 16.1. The highest BCUT2D eigenvalue weighted by molar-refractivity contribution is 5.97. The van der Waals surface area contributed by atoms with E-state index in [1.54, 1.807) is 0 Å². The first-order valence-electron chi connectivity index (χ1n) is 8.69. The molecule has 2 aromatic carbocycles. The molecule has 0 saturated carbocycles. The van der Waals surface area contributed by atoms with E-state index in [1.165, 1.54) is 0 Å². The maximum absolute atomic E-state index is 12.7. The molecule has 0 aliphatic rings. The minimum absolute atomic E-state index is 0.0141. The van der Waals surface area contributed by atoms with E-state index in [0.717, 1.165) is 40.8 Å². The van der Waals surface area contributed by atoms with E-state index in [2.05, 4.69) is 34.3 Å². The molecule has 0 bridgehead atoms. The monoisotopic (exact) mass is 333 g/mol. The molecule has 4 nitrogen and oxygen atoms in total. The van der Waals surface area contributed by atoms with Crippen LogP contribution < -0.4 is 5.32 Å². The molecule has 0 spiro atoms. The number of rotatable bonds is 5. The van der Waals surface area contributed by atoms with Gasteiger partial charge in [0.2, 0.25) is 0 Å². The second-order valence-corrected chi connectivity index (χ2v) is 6.32. The number of fused-ring (bicyclic) bond motifs is 1. The summed E-state index contributed by atoms with van der Waals surface area (Å²) in [4.78, 5) is 21.8. The Morgan fingerprint density at radius 2 is 1.68 bits per heavy atom. The fourth-order valence-electron chi connectivity index (χ4n) is 2.91. The van der Waals surface area contributed by atoms with Gasteiger partial charge < -0.3 is 5.32 Å². The van der Waals surface area contributed by atoms with Gasteiger partial charge >= 0.3 is 0 Å². The van der Waals surface area contributed by atoms with E-state index < -0.39 is 0 Å². The first kappa shape index (κ1) is 17.1. The van der Waals surface area contributed by atoms with E-state index in [0.29, 0.717) is 5.56 Å². The first-order valence-corrected chi connectivity index (χ1v) is 8.69. The molecule has 128 valence electrons. The Labute approximate surface area is 148 Å². The number of benzene rings is 2. The SMILES string of the molecule is CCC[C@H](NC(=O)c1ccc2nc(C)c(C)nc2c1)c1ccccc1. The van der Waals surface area contributed by atoms with Gasteiger partial charge in [-0.05, 0) is 44.0 Å². The van der Waals surface area contributed by atoms with Crippen LogP contribution in [0.15, 0.2) is 48.5 Å². The summed E-state index contributed by atoms with van der Waals surface area (Å²) in [5, 5.41) is 3.15. The Balaban J connectivity index is 1.86. The lowest BCUT2D eigenvalue weighted by atomic mass is 10.0. The minimum Gasteiger partial charge on any atom is -0.345 e. The van der Waals surface area contributed by atoms with Crippen LogP contribution in [0, 0.1) is 13.8 Å². The molecule has 0 saturated heterocycles. The van der Waals surface area contributed by atoms with E-state index in [4.69, 9.17) is 0 Å². The lowest BCUT2D eigenvalue weighted by molar-refractivity contribution is 0.0934. The van der Waals surface area contributed by atoms with Crippen molar-refractivity contribution in [2.45, 2.75) is 39.7 Å². The van der Waals surface area contributed by atoms with Gasteiger partial charge in [-0.1, -0.05) is 43.7 Å². The fraction of sp³-hybridized carbons (Fsp3) is 0.286. The number of hydrogen-bond donors (Lipinski definition) is 1. The average Bonchev–Trinajstić information content (AvgIpc) is 2.62. The summed E-state index contributed by atoms with van der Waals surface area (Å²) in [7, 11) is 0. The van der Waals surface area contributed by atoms with Crippen LogP contribution in [0.5, 0.6) is 0 Å². The van der Waals surface area contributed by atoms with Gasteiger partial charge in [-0.25, -0.2) is 9.97 Å². The Kier molecular flexibility index (Phi) is 5.08. The summed E-state index contributed by atoms with van der Waals surface area (Å²) >= 11 is 0. The van der Waals surface area contributed by atoms with Crippen molar-refractivity contribution >= 4 is 16.9 Å². The van der Waals surface area contributed by atoms with E-state index >= 15 is 0 Å². The van der Waals surface area contributed by atoms with Crippen molar-refractivity contribution in [1.82, 2.24) is 15.3 Å². The van der Waals surface area contributed by atoms with Gasteiger partial charge in [0.1, 0.15) is 0 Å². The molecule has 1 N–H and O–H groups in total. The summed E-state index contributed by atoms with van der Waals surface area (Å²) in [5.41, 5.74) is 5.11. The van der Waals surface area contributed by atoms with Crippen molar-refractivity contribution in [3.8, 4) is 0 Å².